The monoisotopic (exact) mass is 550 g/mol. The summed E-state index contributed by atoms with van der Waals surface area (Å²) in [4.78, 5) is 27.8. The second-order valence-electron chi connectivity index (χ2n) is 5.92. The molecule has 1 fully saturated rings. The Morgan fingerprint density at radius 2 is 2.11 bits per heavy atom. The lowest BCUT2D eigenvalue weighted by Gasteiger charge is -2.19. The fourth-order valence-corrected chi connectivity index (χ4v) is 5.24. The molecule has 1 aliphatic heterocycles. The third kappa shape index (κ3) is 4.44. The van der Waals surface area contributed by atoms with Crippen LogP contribution < -0.4 is 4.90 Å². The molecule has 0 aliphatic carbocycles. The van der Waals surface area contributed by atoms with Gasteiger partial charge >= 0.3 is 12.0 Å². The predicted octanol–water partition coefficient (Wildman–Crippen LogP) is 3.64. The number of rotatable bonds is 6. The molecule has 1 aromatic carbocycles. The molecule has 2 aromatic rings. The first-order valence-corrected chi connectivity index (χ1v) is 12.0. The lowest BCUT2D eigenvalue weighted by molar-refractivity contribution is 0.0331. The first-order chi connectivity index (χ1) is 13.3. The topological polar surface area (TPSA) is 92.7 Å². The molecule has 2 heterocycles. The molecule has 2 amide bonds. The van der Waals surface area contributed by atoms with Crippen molar-refractivity contribution in [1.82, 2.24) is 15.1 Å². The van der Waals surface area contributed by atoms with Crippen molar-refractivity contribution < 1.29 is 18.5 Å². The number of carbonyl (C=O) groups is 2. The lowest BCUT2D eigenvalue weighted by Crippen LogP contribution is -2.37. The summed E-state index contributed by atoms with van der Waals surface area (Å²) in [5.41, 5.74) is 0.346. The largest absolute Gasteiger partial charge is 0.435 e. The van der Waals surface area contributed by atoms with Crippen molar-refractivity contribution in [2.24, 2.45) is 0 Å². The average Bonchev–Trinajstić information content (AvgIpc) is 3.23. The smallest absolute Gasteiger partial charge is 0.340 e. The van der Waals surface area contributed by atoms with Gasteiger partial charge in [0.2, 0.25) is 15.7 Å². The van der Waals surface area contributed by atoms with Crippen LogP contribution in [0, 0.1) is 0 Å². The van der Waals surface area contributed by atoms with Gasteiger partial charge in [-0.1, -0.05) is 18.3 Å². The van der Waals surface area contributed by atoms with Gasteiger partial charge in [-0.2, -0.15) is 0 Å². The van der Waals surface area contributed by atoms with Crippen LogP contribution >= 0.6 is 43.2 Å². The summed E-state index contributed by atoms with van der Waals surface area (Å²) in [5.74, 6) is -0.0927. The second-order valence-corrected chi connectivity index (χ2v) is 10.3. The van der Waals surface area contributed by atoms with Crippen LogP contribution in [0.4, 0.5) is 9.93 Å². The van der Waals surface area contributed by atoms with Crippen LogP contribution in [0.5, 0.6) is 0 Å². The SMILES string of the molecule is CCCS(=O)c1nnc(N2C(=O)N(C)CC2OC(=O)c2ccc(Br)c(Br)c2)s1. The van der Waals surface area contributed by atoms with Gasteiger partial charge in [0.05, 0.1) is 22.9 Å². The van der Waals surface area contributed by atoms with Crippen molar-refractivity contribution in [2.45, 2.75) is 23.9 Å². The summed E-state index contributed by atoms with van der Waals surface area (Å²) >= 11 is 7.77. The van der Waals surface area contributed by atoms with Crippen LogP contribution in [0.3, 0.4) is 0 Å². The highest BCUT2D eigenvalue weighted by molar-refractivity contribution is 9.13. The highest BCUT2D eigenvalue weighted by atomic mass is 79.9. The number of esters is 1. The maximum atomic E-state index is 12.6. The molecule has 0 radical (unpaired) electrons. The Morgan fingerprint density at radius 3 is 2.79 bits per heavy atom. The molecule has 150 valence electrons. The third-order valence-corrected chi connectivity index (χ3v) is 8.49. The van der Waals surface area contributed by atoms with Crippen molar-refractivity contribution in [3.63, 3.8) is 0 Å². The lowest BCUT2D eigenvalue weighted by atomic mass is 10.2. The van der Waals surface area contributed by atoms with Gasteiger partial charge in [0.1, 0.15) is 0 Å². The molecule has 8 nitrogen and oxygen atoms in total. The van der Waals surface area contributed by atoms with Crippen molar-refractivity contribution in [2.75, 3.05) is 24.2 Å². The Hall–Kier alpha value is -1.37. The molecule has 1 aromatic heterocycles. The number of urea groups is 1. The Bertz CT molecular complexity index is 939. The van der Waals surface area contributed by atoms with Gasteiger partial charge in [-0.25, -0.2) is 14.5 Å². The highest BCUT2D eigenvalue weighted by Crippen LogP contribution is 2.30. The molecule has 0 bridgehead atoms. The number of hydrogen-bond donors (Lipinski definition) is 0. The van der Waals surface area contributed by atoms with E-state index in [-0.39, 0.29) is 17.7 Å². The Labute approximate surface area is 185 Å². The van der Waals surface area contributed by atoms with Crippen LogP contribution in [0.1, 0.15) is 23.7 Å². The van der Waals surface area contributed by atoms with E-state index in [1.54, 1.807) is 25.2 Å². The molecule has 1 saturated heterocycles. The van der Waals surface area contributed by atoms with Gasteiger partial charge in [0.15, 0.2) is 0 Å². The van der Waals surface area contributed by atoms with Gasteiger partial charge in [-0.05, 0) is 56.5 Å². The van der Waals surface area contributed by atoms with Gasteiger partial charge in [-0.3, -0.25) is 4.21 Å². The summed E-state index contributed by atoms with van der Waals surface area (Å²) in [7, 11) is 0.344. The van der Waals surface area contributed by atoms with E-state index in [2.05, 4.69) is 42.1 Å². The van der Waals surface area contributed by atoms with E-state index in [1.807, 2.05) is 6.92 Å². The van der Waals surface area contributed by atoms with Crippen LogP contribution in [-0.4, -0.2) is 56.9 Å². The fraction of sp³-hybridized carbons (Fsp3) is 0.375. The zero-order chi connectivity index (χ0) is 20.4. The molecule has 3 rings (SSSR count). The van der Waals surface area contributed by atoms with Crippen LogP contribution in [0.2, 0.25) is 0 Å². The maximum absolute atomic E-state index is 12.6. The van der Waals surface area contributed by atoms with Crippen molar-refractivity contribution >= 4 is 71.1 Å². The zero-order valence-electron chi connectivity index (χ0n) is 14.9. The van der Waals surface area contributed by atoms with E-state index in [4.69, 9.17) is 4.74 Å². The number of likely N-dealkylation sites (N-methyl/N-ethyl adjacent to an activating group) is 1. The van der Waals surface area contributed by atoms with Gasteiger partial charge in [0.25, 0.3) is 0 Å². The summed E-state index contributed by atoms with van der Waals surface area (Å²) < 4.78 is 19.6. The van der Waals surface area contributed by atoms with Gasteiger partial charge in [0, 0.05) is 21.7 Å². The Balaban J connectivity index is 1.81. The van der Waals surface area contributed by atoms with Crippen molar-refractivity contribution in [3.05, 3.63) is 32.7 Å². The summed E-state index contributed by atoms with van der Waals surface area (Å²) in [6.45, 7) is 2.12. The van der Waals surface area contributed by atoms with E-state index in [0.29, 0.717) is 20.1 Å². The number of nitrogens with zero attached hydrogens (tertiary/aromatic N) is 4. The fourth-order valence-electron chi connectivity index (χ4n) is 2.48. The molecule has 28 heavy (non-hydrogen) atoms. The van der Waals surface area contributed by atoms with Gasteiger partial charge < -0.3 is 9.64 Å². The zero-order valence-corrected chi connectivity index (χ0v) is 19.7. The molecular weight excluding hydrogens is 536 g/mol. The number of carbonyl (C=O) groups excluding carboxylic acids is 2. The van der Waals surface area contributed by atoms with E-state index < -0.39 is 23.0 Å². The number of aromatic nitrogens is 2. The minimum atomic E-state index is -1.26. The first-order valence-electron chi connectivity index (χ1n) is 8.24. The minimum Gasteiger partial charge on any atom is -0.435 e. The number of halogens is 2. The van der Waals surface area contributed by atoms with Crippen molar-refractivity contribution in [1.29, 1.82) is 0 Å². The van der Waals surface area contributed by atoms with E-state index in [1.165, 1.54) is 9.80 Å². The molecule has 2 atom stereocenters. The Morgan fingerprint density at radius 1 is 1.36 bits per heavy atom. The van der Waals surface area contributed by atoms with Crippen LogP contribution in [0.15, 0.2) is 31.5 Å². The Kier molecular flexibility index (Phi) is 6.84. The maximum Gasteiger partial charge on any atom is 0.340 e. The van der Waals surface area contributed by atoms with E-state index in [9.17, 15) is 13.8 Å². The van der Waals surface area contributed by atoms with Crippen LogP contribution in [0.25, 0.3) is 0 Å². The van der Waals surface area contributed by atoms with Gasteiger partial charge in [-0.15, -0.1) is 10.2 Å². The molecule has 1 aliphatic rings. The minimum absolute atomic E-state index is 0.190. The number of anilines is 1. The summed E-state index contributed by atoms with van der Waals surface area (Å²) in [5, 5.41) is 8.18. The quantitative estimate of drug-likeness (QED) is 0.402. The summed E-state index contributed by atoms with van der Waals surface area (Å²) in [6, 6.07) is 4.62. The van der Waals surface area contributed by atoms with E-state index >= 15 is 0 Å². The van der Waals surface area contributed by atoms with Crippen molar-refractivity contribution in [3.8, 4) is 0 Å². The molecule has 0 N–H and O–H groups in total. The molecule has 0 saturated carbocycles. The molecule has 2 unspecified atom stereocenters. The highest BCUT2D eigenvalue weighted by Gasteiger charge is 2.41. The normalized spacial score (nSPS) is 17.9. The van der Waals surface area contributed by atoms with E-state index in [0.717, 1.165) is 22.2 Å². The molecule has 12 heteroatoms. The molecule has 0 spiro atoms. The first kappa shape index (κ1) is 21.3. The number of amides is 2. The molecular formula is C16H16Br2N4O4S2. The predicted molar refractivity (Wildman–Crippen MR) is 113 cm³/mol. The average molecular weight is 552 g/mol. The summed E-state index contributed by atoms with van der Waals surface area (Å²) in [6.07, 6.45) is -0.108. The second kappa shape index (κ2) is 8.97. The number of benzene rings is 1. The number of hydrogen-bond acceptors (Lipinski definition) is 7. The third-order valence-electron chi connectivity index (χ3n) is 3.84. The standard InChI is InChI=1S/C16H16Br2N4O4S2/c1-3-6-28(25)15-20-19-14(27-15)22-12(8-21(2)16(22)24)26-13(23)9-4-5-10(17)11(18)7-9/h4-5,7,12H,3,6,8H2,1-2H3. The van der Waals surface area contributed by atoms with Crippen LogP contribution in [-0.2, 0) is 15.5 Å². The number of ether oxygens (including phenoxy) is 1.